The van der Waals surface area contributed by atoms with Crippen LogP contribution in [0.2, 0.25) is 15.2 Å². The number of nitrogens with one attached hydrogen (secondary N) is 1. The molecule has 0 radical (unpaired) electrons. The summed E-state index contributed by atoms with van der Waals surface area (Å²) < 4.78 is 64.4. The van der Waals surface area contributed by atoms with Crippen LogP contribution >= 0.6 is 34.8 Å². The number of sulfonamides is 1. The molecule has 0 atom stereocenters. The summed E-state index contributed by atoms with van der Waals surface area (Å²) in [6.07, 6.45) is -3.73. The monoisotopic (exact) mass is 404 g/mol. The molecule has 0 aliphatic carbocycles. The van der Waals surface area contributed by atoms with Crippen LogP contribution in [-0.4, -0.2) is 13.4 Å². The van der Waals surface area contributed by atoms with Crippen LogP contribution in [0.3, 0.4) is 0 Å². The molecule has 0 bridgehead atoms. The second-order valence-corrected chi connectivity index (χ2v) is 7.10. The van der Waals surface area contributed by atoms with Crippen molar-refractivity contribution in [1.82, 2.24) is 4.98 Å². The number of alkyl halides is 3. The Hall–Kier alpha value is -1.22. The number of pyridine rings is 1. The molecule has 0 aliphatic heterocycles. The maximum atomic E-state index is 12.7. The summed E-state index contributed by atoms with van der Waals surface area (Å²) in [5.74, 6) is 0. The number of hydrogen-bond donors (Lipinski definition) is 1. The average molecular weight is 406 g/mol. The molecule has 0 amide bonds. The average Bonchev–Trinajstić information content (AvgIpc) is 2.42. The predicted octanol–water partition coefficient (Wildman–Crippen LogP) is 4.86. The number of rotatable bonds is 3. The number of anilines is 1. The van der Waals surface area contributed by atoms with Crippen LogP contribution in [0.4, 0.5) is 18.9 Å². The first-order valence-electron chi connectivity index (χ1n) is 5.71. The van der Waals surface area contributed by atoms with E-state index in [4.69, 9.17) is 34.8 Å². The molecule has 0 aliphatic rings. The van der Waals surface area contributed by atoms with Gasteiger partial charge in [0.05, 0.1) is 21.3 Å². The van der Waals surface area contributed by atoms with Crippen molar-refractivity contribution in [2.24, 2.45) is 0 Å². The second-order valence-electron chi connectivity index (χ2n) is 4.24. The molecule has 0 unspecified atom stereocenters. The zero-order valence-electron chi connectivity index (χ0n) is 10.8. The van der Waals surface area contributed by atoms with E-state index in [-0.39, 0.29) is 20.1 Å². The van der Waals surface area contributed by atoms with Crippen molar-refractivity contribution in [1.29, 1.82) is 0 Å². The Kier molecular flexibility index (Phi) is 5.00. The first-order valence-corrected chi connectivity index (χ1v) is 8.33. The molecule has 1 aromatic carbocycles. The van der Waals surface area contributed by atoms with Crippen LogP contribution in [0, 0.1) is 0 Å². The van der Waals surface area contributed by atoms with E-state index in [2.05, 4.69) is 4.98 Å². The molecule has 4 nitrogen and oxygen atoms in total. The molecule has 0 fully saturated rings. The van der Waals surface area contributed by atoms with E-state index in [0.717, 1.165) is 24.4 Å². The van der Waals surface area contributed by atoms with E-state index >= 15 is 0 Å². The van der Waals surface area contributed by atoms with Crippen LogP contribution in [0.5, 0.6) is 0 Å². The van der Waals surface area contributed by atoms with Crippen LogP contribution in [-0.2, 0) is 16.2 Å². The fourth-order valence-electron chi connectivity index (χ4n) is 1.53. The summed E-state index contributed by atoms with van der Waals surface area (Å²) in [6, 6.07) is 3.28. The van der Waals surface area contributed by atoms with Gasteiger partial charge >= 0.3 is 6.18 Å². The van der Waals surface area contributed by atoms with Crippen molar-refractivity contribution in [3.63, 3.8) is 0 Å². The third kappa shape index (κ3) is 4.20. The van der Waals surface area contributed by atoms with Crippen molar-refractivity contribution in [2.75, 3.05) is 4.72 Å². The van der Waals surface area contributed by atoms with Crippen molar-refractivity contribution in [3.05, 3.63) is 51.2 Å². The summed E-state index contributed by atoms with van der Waals surface area (Å²) in [5, 5.41) is -0.429. The van der Waals surface area contributed by atoms with E-state index < -0.39 is 27.5 Å². The van der Waals surface area contributed by atoms with Gasteiger partial charge in [0.15, 0.2) is 0 Å². The Labute approximate surface area is 144 Å². The molecule has 11 heteroatoms. The van der Waals surface area contributed by atoms with E-state index in [0.29, 0.717) is 6.07 Å². The molecule has 1 heterocycles. The lowest BCUT2D eigenvalue weighted by Gasteiger charge is -2.13. The SMILES string of the molecule is O=S(=O)(Nc1cc(C(F)(F)F)ccc1Cl)c1cnc(Cl)c(Cl)c1. The van der Waals surface area contributed by atoms with Gasteiger partial charge in [0, 0.05) is 6.20 Å². The molecule has 2 rings (SSSR count). The summed E-state index contributed by atoms with van der Waals surface area (Å²) in [4.78, 5) is 3.19. The minimum Gasteiger partial charge on any atom is -0.278 e. The number of hydrogen-bond acceptors (Lipinski definition) is 3. The Balaban J connectivity index is 2.42. The lowest BCUT2D eigenvalue weighted by Crippen LogP contribution is -2.15. The third-order valence-corrected chi connectivity index (χ3v) is 4.97. The predicted molar refractivity (Wildman–Crippen MR) is 81.5 cm³/mol. The maximum absolute atomic E-state index is 12.7. The van der Waals surface area contributed by atoms with Gasteiger partial charge in [-0.2, -0.15) is 13.2 Å². The van der Waals surface area contributed by atoms with E-state index in [1.807, 2.05) is 4.72 Å². The molecule has 1 N–H and O–H groups in total. The lowest BCUT2D eigenvalue weighted by molar-refractivity contribution is -0.137. The van der Waals surface area contributed by atoms with Gasteiger partial charge in [-0.05, 0) is 24.3 Å². The van der Waals surface area contributed by atoms with Crippen LogP contribution < -0.4 is 4.72 Å². The van der Waals surface area contributed by atoms with E-state index in [1.165, 1.54) is 0 Å². The molecule has 124 valence electrons. The quantitative estimate of drug-likeness (QED) is 0.742. The fraction of sp³-hybridized carbons (Fsp3) is 0.0833. The van der Waals surface area contributed by atoms with E-state index in [1.54, 1.807) is 0 Å². The van der Waals surface area contributed by atoms with Gasteiger partial charge in [-0.15, -0.1) is 0 Å². The van der Waals surface area contributed by atoms with Crippen LogP contribution in [0.15, 0.2) is 35.4 Å². The lowest BCUT2D eigenvalue weighted by atomic mass is 10.2. The summed E-state index contributed by atoms with van der Waals surface area (Å²) >= 11 is 17.0. The highest BCUT2D eigenvalue weighted by atomic mass is 35.5. The fourth-order valence-corrected chi connectivity index (χ4v) is 3.13. The summed E-state index contributed by atoms with van der Waals surface area (Å²) in [6.45, 7) is 0. The van der Waals surface area contributed by atoms with Gasteiger partial charge in [0.1, 0.15) is 10.0 Å². The van der Waals surface area contributed by atoms with Gasteiger partial charge in [0.25, 0.3) is 10.0 Å². The van der Waals surface area contributed by atoms with Crippen LogP contribution in [0.1, 0.15) is 5.56 Å². The van der Waals surface area contributed by atoms with Gasteiger partial charge in [-0.25, -0.2) is 13.4 Å². The Bertz CT molecular complexity index is 857. The highest BCUT2D eigenvalue weighted by molar-refractivity contribution is 7.92. The molecule has 2 aromatic rings. The number of aromatic nitrogens is 1. The largest absolute Gasteiger partial charge is 0.416 e. The molecular weight excluding hydrogens is 400 g/mol. The smallest absolute Gasteiger partial charge is 0.278 e. The normalized spacial score (nSPS) is 12.3. The third-order valence-electron chi connectivity index (χ3n) is 2.62. The molecule has 1 aromatic heterocycles. The van der Waals surface area contributed by atoms with Gasteiger partial charge in [-0.1, -0.05) is 34.8 Å². The molecule has 0 spiro atoms. The standard InChI is InChI=1S/C12H6Cl3F3N2O2S/c13-8-2-1-6(12(16,17)18)3-10(8)20-23(21,22)7-4-9(14)11(15)19-5-7/h1-5,20H. The van der Waals surface area contributed by atoms with Gasteiger partial charge in [-0.3, -0.25) is 4.72 Å². The summed E-state index contributed by atoms with van der Waals surface area (Å²) in [5.41, 5.74) is -1.47. The molecule has 0 saturated carbocycles. The highest BCUT2D eigenvalue weighted by Crippen LogP contribution is 2.34. The second kappa shape index (κ2) is 6.35. The van der Waals surface area contributed by atoms with Gasteiger partial charge in [0.2, 0.25) is 0 Å². The topological polar surface area (TPSA) is 59.1 Å². The Morgan fingerprint density at radius 3 is 2.26 bits per heavy atom. The molecular formula is C12H6Cl3F3N2O2S. The van der Waals surface area contributed by atoms with E-state index in [9.17, 15) is 21.6 Å². The van der Waals surface area contributed by atoms with Crippen LogP contribution in [0.25, 0.3) is 0 Å². The molecule has 23 heavy (non-hydrogen) atoms. The van der Waals surface area contributed by atoms with Crippen molar-refractivity contribution in [2.45, 2.75) is 11.1 Å². The van der Waals surface area contributed by atoms with Gasteiger partial charge < -0.3 is 0 Å². The minimum absolute atomic E-state index is 0.109. The molecule has 0 saturated heterocycles. The number of halogens is 6. The van der Waals surface area contributed by atoms with Crippen molar-refractivity contribution in [3.8, 4) is 0 Å². The summed E-state index contributed by atoms with van der Waals surface area (Å²) in [7, 11) is -4.24. The number of benzene rings is 1. The zero-order valence-corrected chi connectivity index (χ0v) is 13.9. The highest BCUT2D eigenvalue weighted by Gasteiger charge is 2.31. The zero-order chi connectivity index (χ0) is 17.4. The Morgan fingerprint density at radius 2 is 1.70 bits per heavy atom. The Morgan fingerprint density at radius 1 is 1.04 bits per heavy atom. The maximum Gasteiger partial charge on any atom is 0.416 e. The number of nitrogens with zero attached hydrogens (tertiary/aromatic N) is 1. The minimum atomic E-state index is -4.64. The first kappa shape index (κ1) is 18.1. The van der Waals surface area contributed by atoms with Crippen molar-refractivity contribution >= 4 is 50.5 Å². The van der Waals surface area contributed by atoms with Crippen molar-refractivity contribution < 1.29 is 21.6 Å². The first-order chi connectivity index (χ1) is 10.5.